The maximum Gasteiger partial charge on any atom is 0.325 e. The van der Waals surface area contributed by atoms with Crippen LogP contribution >= 0.6 is 0 Å². The topological polar surface area (TPSA) is 79.6 Å². The smallest absolute Gasteiger partial charge is 0.325 e. The summed E-state index contributed by atoms with van der Waals surface area (Å²) < 4.78 is 9.21. The fraction of sp³-hybridized carbons (Fsp3) is 0.357. The zero-order chi connectivity index (χ0) is 15.1. The van der Waals surface area contributed by atoms with Crippen molar-refractivity contribution in [3.05, 3.63) is 29.3 Å². The van der Waals surface area contributed by atoms with Gasteiger partial charge in [0.25, 0.3) is 0 Å². The van der Waals surface area contributed by atoms with E-state index in [1.54, 1.807) is 18.2 Å². The quantitative estimate of drug-likeness (QED) is 0.747. The van der Waals surface area contributed by atoms with Crippen LogP contribution in [-0.2, 0) is 19.1 Å². The molecule has 0 fully saturated rings. The second kappa shape index (κ2) is 7.14. The first-order valence-corrected chi connectivity index (χ1v) is 5.91. The number of aryl methyl sites for hydroxylation is 1. The van der Waals surface area contributed by atoms with Crippen molar-refractivity contribution in [2.75, 3.05) is 32.2 Å². The van der Waals surface area contributed by atoms with E-state index in [0.29, 0.717) is 11.3 Å². The first-order valence-electron chi connectivity index (χ1n) is 5.91. The number of hydrogen-bond donors (Lipinski definition) is 0. The molecule has 0 unspecified atom stereocenters. The van der Waals surface area contributed by atoms with Crippen molar-refractivity contribution < 1.29 is 19.1 Å². The van der Waals surface area contributed by atoms with Gasteiger partial charge >= 0.3 is 11.9 Å². The molecule has 0 N–H and O–H groups in total. The average Bonchev–Trinajstić information content (AvgIpc) is 2.46. The summed E-state index contributed by atoms with van der Waals surface area (Å²) in [5.74, 6) is -1.00. The third-order valence-electron chi connectivity index (χ3n) is 2.71. The summed E-state index contributed by atoms with van der Waals surface area (Å²) in [5.41, 5.74) is 1.80. The largest absolute Gasteiger partial charge is 0.468 e. The first kappa shape index (κ1) is 15.5. The van der Waals surface area contributed by atoms with Crippen molar-refractivity contribution in [1.82, 2.24) is 0 Å². The number of carbonyl (C=O) groups excluding carboxylic acids is 2. The van der Waals surface area contributed by atoms with Crippen LogP contribution in [0.4, 0.5) is 5.69 Å². The van der Waals surface area contributed by atoms with Crippen LogP contribution in [0.3, 0.4) is 0 Å². The molecular formula is C14H16N2O4. The van der Waals surface area contributed by atoms with Crippen molar-refractivity contribution in [2.24, 2.45) is 0 Å². The van der Waals surface area contributed by atoms with Crippen molar-refractivity contribution in [3.8, 4) is 6.07 Å². The summed E-state index contributed by atoms with van der Waals surface area (Å²) in [5, 5.41) is 9.13. The summed E-state index contributed by atoms with van der Waals surface area (Å²) >= 11 is 0. The number of carbonyl (C=O) groups is 2. The molecule has 0 aliphatic carbocycles. The van der Waals surface area contributed by atoms with Crippen molar-refractivity contribution in [1.29, 1.82) is 5.26 Å². The van der Waals surface area contributed by atoms with Crippen LogP contribution in [0.15, 0.2) is 18.2 Å². The lowest BCUT2D eigenvalue weighted by molar-refractivity contribution is -0.140. The lowest BCUT2D eigenvalue weighted by atomic mass is 10.1. The molecule has 0 heterocycles. The van der Waals surface area contributed by atoms with Gasteiger partial charge in [-0.2, -0.15) is 5.26 Å². The molecule has 0 atom stereocenters. The number of methoxy groups -OCH3 is 2. The van der Waals surface area contributed by atoms with E-state index in [-0.39, 0.29) is 13.1 Å². The second-order valence-corrected chi connectivity index (χ2v) is 4.14. The fourth-order valence-corrected chi connectivity index (χ4v) is 1.66. The van der Waals surface area contributed by atoms with Gasteiger partial charge in [-0.25, -0.2) is 0 Å². The van der Waals surface area contributed by atoms with Crippen LogP contribution in [0, 0.1) is 18.3 Å². The Bertz CT molecular complexity index is 531. The number of rotatable bonds is 5. The number of nitriles is 1. The molecule has 0 amide bonds. The van der Waals surface area contributed by atoms with Gasteiger partial charge < -0.3 is 14.4 Å². The van der Waals surface area contributed by atoms with Gasteiger partial charge in [-0.3, -0.25) is 9.59 Å². The lowest BCUT2D eigenvalue weighted by Crippen LogP contribution is -2.36. The molecule has 0 aromatic heterocycles. The maximum atomic E-state index is 11.5. The molecule has 106 valence electrons. The lowest BCUT2D eigenvalue weighted by Gasteiger charge is -2.23. The molecule has 6 heteroatoms. The van der Waals surface area contributed by atoms with Crippen molar-refractivity contribution >= 4 is 17.6 Å². The normalized spacial score (nSPS) is 9.50. The van der Waals surface area contributed by atoms with Gasteiger partial charge in [0, 0.05) is 0 Å². The van der Waals surface area contributed by atoms with E-state index in [4.69, 9.17) is 5.26 Å². The highest BCUT2D eigenvalue weighted by Gasteiger charge is 2.19. The van der Waals surface area contributed by atoms with Crippen LogP contribution in [0.2, 0.25) is 0 Å². The average molecular weight is 276 g/mol. The molecule has 1 aromatic rings. The molecule has 1 aromatic carbocycles. The number of benzene rings is 1. The van der Waals surface area contributed by atoms with Gasteiger partial charge in [0.2, 0.25) is 0 Å². The van der Waals surface area contributed by atoms with Gasteiger partial charge in [0.05, 0.1) is 25.5 Å². The zero-order valence-corrected chi connectivity index (χ0v) is 11.7. The SMILES string of the molecule is COC(=O)CN(CC(=O)OC)c1cc(C)ccc1C#N. The Labute approximate surface area is 117 Å². The van der Waals surface area contributed by atoms with E-state index < -0.39 is 11.9 Å². The summed E-state index contributed by atoms with van der Waals surface area (Å²) in [7, 11) is 2.53. The number of nitrogens with zero attached hydrogens (tertiary/aromatic N) is 2. The first-order chi connectivity index (χ1) is 9.51. The van der Waals surface area contributed by atoms with E-state index in [1.165, 1.54) is 19.1 Å². The Morgan fingerprint density at radius 1 is 1.20 bits per heavy atom. The Morgan fingerprint density at radius 3 is 2.20 bits per heavy atom. The van der Waals surface area contributed by atoms with Gasteiger partial charge in [0.15, 0.2) is 0 Å². The third-order valence-corrected chi connectivity index (χ3v) is 2.71. The van der Waals surface area contributed by atoms with E-state index in [0.717, 1.165) is 5.56 Å². The molecule has 6 nitrogen and oxygen atoms in total. The Hall–Kier alpha value is -2.55. The predicted octanol–water partition coefficient (Wildman–Crippen LogP) is 1.02. The van der Waals surface area contributed by atoms with Gasteiger partial charge in [-0.05, 0) is 24.6 Å². The van der Waals surface area contributed by atoms with Crippen molar-refractivity contribution in [3.63, 3.8) is 0 Å². The molecular weight excluding hydrogens is 260 g/mol. The number of esters is 2. The maximum absolute atomic E-state index is 11.5. The fourth-order valence-electron chi connectivity index (χ4n) is 1.66. The van der Waals surface area contributed by atoms with E-state index >= 15 is 0 Å². The molecule has 0 radical (unpaired) electrons. The Balaban J connectivity index is 3.15. The predicted molar refractivity (Wildman–Crippen MR) is 72.1 cm³/mol. The Morgan fingerprint density at radius 2 is 1.75 bits per heavy atom. The standard InChI is InChI=1S/C14H16N2O4/c1-10-4-5-11(7-15)12(6-10)16(8-13(17)19-2)9-14(18)20-3/h4-6H,8-9H2,1-3H3. The molecule has 0 saturated heterocycles. The molecule has 1 rings (SSSR count). The summed E-state index contributed by atoms with van der Waals surface area (Å²) in [6.07, 6.45) is 0. The van der Waals surface area contributed by atoms with E-state index in [2.05, 4.69) is 9.47 Å². The van der Waals surface area contributed by atoms with Crippen LogP contribution in [0.5, 0.6) is 0 Å². The van der Waals surface area contributed by atoms with Crippen molar-refractivity contribution in [2.45, 2.75) is 6.92 Å². The third kappa shape index (κ3) is 3.99. The zero-order valence-electron chi connectivity index (χ0n) is 11.7. The highest BCUT2D eigenvalue weighted by atomic mass is 16.5. The van der Waals surface area contributed by atoms with Crippen LogP contribution in [0.25, 0.3) is 0 Å². The highest BCUT2D eigenvalue weighted by molar-refractivity contribution is 5.82. The van der Waals surface area contributed by atoms with Crippen LogP contribution in [0.1, 0.15) is 11.1 Å². The van der Waals surface area contributed by atoms with E-state index in [1.807, 2.05) is 13.0 Å². The molecule has 0 spiro atoms. The molecule has 0 aliphatic heterocycles. The van der Waals surface area contributed by atoms with Crippen LogP contribution in [-0.4, -0.2) is 39.2 Å². The van der Waals surface area contributed by atoms with Crippen LogP contribution < -0.4 is 4.90 Å². The summed E-state index contributed by atoms with van der Waals surface area (Å²) in [4.78, 5) is 24.4. The van der Waals surface area contributed by atoms with E-state index in [9.17, 15) is 9.59 Å². The summed E-state index contributed by atoms with van der Waals surface area (Å²) in [6, 6.07) is 7.21. The van der Waals surface area contributed by atoms with Gasteiger partial charge in [-0.1, -0.05) is 6.07 Å². The van der Waals surface area contributed by atoms with Gasteiger partial charge in [0.1, 0.15) is 19.2 Å². The second-order valence-electron chi connectivity index (χ2n) is 4.14. The monoisotopic (exact) mass is 276 g/mol. The minimum absolute atomic E-state index is 0.135. The Kier molecular flexibility index (Phi) is 5.54. The summed E-state index contributed by atoms with van der Waals surface area (Å²) in [6.45, 7) is 1.59. The molecule has 0 saturated carbocycles. The molecule has 0 bridgehead atoms. The van der Waals surface area contributed by atoms with Gasteiger partial charge in [-0.15, -0.1) is 0 Å². The molecule has 0 aliphatic rings. The number of hydrogen-bond acceptors (Lipinski definition) is 6. The molecule has 20 heavy (non-hydrogen) atoms. The number of ether oxygens (including phenoxy) is 2. The minimum atomic E-state index is -0.501. The number of anilines is 1. The highest BCUT2D eigenvalue weighted by Crippen LogP contribution is 2.21. The minimum Gasteiger partial charge on any atom is -0.468 e.